The van der Waals surface area contributed by atoms with Gasteiger partial charge in [0.2, 0.25) is 5.91 Å². The van der Waals surface area contributed by atoms with Crippen molar-refractivity contribution in [2.24, 2.45) is 0 Å². The van der Waals surface area contributed by atoms with E-state index in [9.17, 15) is 14.4 Å². The number of rotatable bonds is 12. The molecule has 0 radical (unpaired) electrons. The fourth-order valence-corrected chi connectivity index (χ4v) is 4.24. The van der Waals surface area contributed by atoms with Crippen LogP contribution in [0.3, 0.4) is 0 Å². The van der Waals surface area contributed by atoms with Crippen molar-refractivity contribution in [2.45, 2.75) is 57.4 Å². The van der Waals surface area contributed by atoms with E-state index in [1.165, 1.54) is 22.3 Å². The minimum absolute atomic E-state index is 0.0315. The zero-order chi connectivity index (χ0) is 23.6. The van der Waals surface area contributed by atoms with Crippen molar-refractivity contribution in [3.8, 4) is 11.1 Å². The number of carbonyl (C=O) groups is 3. The van der Waals surface area contributed by atoms with Gasteiger partial charge in [-0.1, -0.05) is 68.3 Å². The Morgan fingerprint density at radius 1 is 0.970 bits per heavy atom. The summed E-state index contributed by atoms with van der Waals surface area (Å²) in [6.07, 6.45) is 3.05. The maximum atomic E-state index is 12.2. The van der Waals surface area contributed by atoms with Gasteiger partial charge in [-0.05, 0) is 41.5 Å². The molecule has 0 saturated heterocycles. The van der Waals surface area contributed by atoms with E-state index in [1.807, 2.05) is 31.2 Å². The second kappa shape index (κ2) is 12.0. The van der Waals surface area contributed by atoms with Crippen molar-refractivity contribution < 1.29 is 24.2 Å². The molecule has 0 spiro atoms. The molecule has 0 unspecified atom stereocenters. The lowest BCUT2D eigenvalue weighted by Crippen LogP contribution is -2.40. The van der Waals surface area contributed by atoms with E-state index in [-0.39, 0.29) is 24.9 Å². The third kappa shape index (κ3) is 6.57. The van der Waals surface area contributed by atoms with Gasteiger partial charge in [-0.25, -0.2) is 9.59 Å². The summed E-state index contributed by atoms with van der Waals surface area (Å²) in [6, 6.07) is 15.6. The molecule has 2 amide bonds. The van der Waals surface area contributed by atoms with E-state index in [0.29, 0.717) is 25.8 Å². The Balaban J connectivity index is 1.33. The van der Waals surface area contributed by atoms with Crippen molar-refractivity contribution >= 4 is 18.0 Å². The lowest BCUT2D eigenvalue weighted by atomic mass is 9.98. The highest BCUT2D eigenvalue weighted by atomic mass is 16.5. The Morgan fingerprint density at radius 2 is 1.61 bits per heavy atom. The maximum absolute atomic E-state index is 12.2. The number of carbonyl (C=O) groups excluding carboxylic acids is 2. The highest BCUT2D eigenvalue weighted by Gasteiger charge is 2.28. The molecular weight excluding hydrogens is 420 g/mol. The number of benzene rings is 2. The lowest BCUT2D eigenvalue weighted by Gasteiger charge is -2.14. The Hall–Kier alpha value is -3.35. The topological polar surface area (TPSA) is 105 Å². The number of alkyl carbamates (subject to hydrolysis) is 1. The standard InChI is InChI=1S/C26H32N2O5/c1-2-10-23(25(30)31)28-24(29)15-4-3-9-16-27-26(32)33-17-22-20-13-7-5-11-18(20)19-12-6-8-14-21(19)22/h5-8,11-14,22-23H,2-4,9-10,15-17H2,1H3,(H,27,32)(H,28,29)(H,30,31)/t23-/m1/s1. The zero-order valence-corrected chi connectivity index (χ0v) is 19.0. The minimum Gasteiger partial charge on any atom is -0.480 e. The number of fused-ring (bicyclic) bond motifs is 3. The molecule has 1 aliphatic rings. The summed E-state index contributed by atoms with van der Waals surface area (Å²) < 4.78 is 5.50. The van der Waals surface area contributed by atoms with Crippen molar-refractivity contribution in [3.05, 3.63) is 59.7 Å². The molecule has 7 nitrogen and oxygen atoms in total. The molecule has 3 N–H and O–H groups in total. The van der Waals surface area contributed by atoms with Gasteiger partial charge in [-0.3, -0.25) is 4.79 Å². The van der Waals surface area contributed by atoms with Crippen LogP contribution < -0.4 is 10.6 Å². The predicted molar refractivity (Wildman–Crippen MR) is 126 cm³/mol. The third-order valence-electron chi connectivity index (χ3n) is 5.90. The molecular formula is C26H32N2O5. The quantitative estimate of drug-likeness (QED) is 0.413. The van der Waals surface area contributed by atoms with Gasteiger partial charge < -0.3 is 20.5 Å². The molecule has 176 valence electrons. The van der Waals surface area contributed by atoms with Crippen LogP contribution in [0, 0.1) is 0 Å². The minimum atomic E-state index is -1.00. The molecule has 0 saturated carbocycles. The summed E-state index contributed by atoms with van der Waals surface area (Å²) in [7, 11) is 0. The van der Waals surface area contributed by atoms with Gasteiger partial charge >= 0.3 is 12.1 Å². The molecule has 0 bridgehead atoms. The highest BCUT2D eigenvalue weighted by Crippen LogP contribution is 2.44. The second-order valence-electron chi connectivity index (χ2n) is 8.31. The summed E-state index contributed by atoms with van der Waals surface area (Å²) >= 11 is 0. The normalized spacial score (nSPS) is 13.0. The Morgan fingerprint density at radius 3 is 2.21 bits per heavy atom. The van der Waals surface area contributed by atoms with E-state index in [0.717, 1.165) is 12.8 Å². The van der Waals surface area contributed by atoms with E-state index in [1.54, 1.807) is 0 Å². The fourth-order valence-electron chi connectivity index (χ4n) is 4.24. The summed E-state index contributed by atoms with van der Waals surface area (Å²) in [5.74, 6) is -1.22. The van der Waals surface area contributed by atoms with Crippen LogP contribution in [0.5, 0.6) is 0 Å². The van der Waals surface area contributed by atoms with E-state index in [4.69, 9.17) is 9.84 Å². The first-order valence-corrected chi connectivity index (χ1v) is 11.6. The van der Waals surface area contributed by atoms with Crippen LogP contribution >= 0.6 is 0 Å². The number of hydrogen-bond donors (Lipinski definition) is 3. The second-order valence-corrected chi connectivity index (χ2v) is 8.31. The van der Waals surface area contributed by atoms with Crippen molar-refractivity contribution in [1.29, 1.82) is 0 Å². The summed E-state index contributed by atoms with van der Waals surface area (Å²) in [5, 5.41) is 14.4. The fraction of sp³-hybridized carbons (Fsp3) is 0.423. The molecule has 3 rings (SSSR count). The molecule has 2 aromatic rings. The number of carboxylic acids is 1. The average molecular weight is 453 g/mol. The molecule has 0 aromatic heterocycles. The largest absolute Gasteiger partial charge is 0.480 e. The predicted octanol–water partition coefficient (Wildman–Crippen LogP) is 4.46. The first-order valence-electron chi connectivity index (χ1n) is 11.6. The van der Waals surface area contributed by atoms with Crippen LogP contribution in [0.4, 0.5) is 4.79 Å². The molecule has 2 aromatic carbocycles. The summed E-state index contributed by atoms with van der Waals surface area (Å²) in [6.45, 7) is 2.63. The molecule has 33 heavy (non-hydrogen) atoms. The van der Waals surface area contributed by atoms with Gasteiger partial charge in [0.05, 0.1) is 0 Å². The Kier molecular flexibility index (Phi) is 8.87. The SMILES string of the molecule is CCC[C@@H](NC(=O)CCCCCNC(=O)OCC1c2ccccc2-c2ccccc21)C(=O)O. The van der Waals surface area contributed by atoms with Gasteiger partial charge in [-0.2, -0.15) is 0 Å². The summed E-state index contributed by atoms with van der Waals surface area (Å²) in [5.41, 5.74) is 4.73. The van der Waals surface area contributed by atoms with E-state index >= 15 is 0 Å². The van der Waals surface area contributed by atoms with Gasteiger partial charge in [0.25, 0.3) is 0 Å². The van der Waals surface area contributed by atoms with Crippen molar-refractivity contribution in [3.63, 3.8) is 0 Å². The van der Waals surface area contributed by atoms with Crippen LogP contribution in [-0.4, -0.2) is 42.3 Å². The Bertz CT molecular complexity index is 929. The van der Waals surface area contributed by atoms with Crippen LogP contribution in [0.1, 0.15) is 62.5 Å². The number of carboxylic acid groups (broad SMARTS) is 1. The van der Waals surface area contributed by atoms with Gasteiger partial charge in [-0.15, -0.1) is 0 Å². The lowest BCUT2D eigenvalue weighted by molar-refractivity contribution is -0.142. The molecule has 0 aliphatic heterocycles. The monoisotopic (exact) mass is 452 g/mol. The third-order valence-corrected chi connectivity index (χ3v) is 5.90. The molecule has 7 heteroatoms. The number of nitrogens with one attached hydrogen (secondary N) is 2. The summed E-state index contributed by atoms with van der Waals surface area (Å²) in [4.78, 5) is 35.1. The van der Waals surface area contributed by atoms with E-state index < -0.39 is 18.1 Å². The van der Waals surface area contributed by atoms with Gasteiger partial charge in [0.1, 0.15) is 12.6 Å². The first-order chi connectivity index (χ1) is 16.0. The van der Waals surface area contributed by atoms with E-state index in [2.05, 4.69) is 34.9 Å². The molecule has 1 atom stereocenters. The van der Waals surface area contributed by atoms with Crippen molar-refractivity contribution in [1.82, 2.24) is 10.6 Å². The van der Waals surface area contributed by atoms with Crippen LogP contribution in [0.25, 0.3) is 11.1 Å². The van der Waals surface area contributed by atoms with Crippen LogP contribution in [0.15, 0.2) is 48.5 Å². The number of aliphatic carboxylic acids is 1. The number of hydrogen-bond acceptors (Lipinski definition) is 4. The number of ether oxygens (including phenoxy) is 1. The van der Waals surface area contributed by atoms with Crippen molar-refractivity contribution in [2.75, 3.05) is 13.2 Å². The smallest absolute Gasteiger partial charge is 0.407 e. The molecule has 0 fully saturated rings. The Labute approximate surface area is 194 Å². The number of unbranched alkanes of at least 4 members (excludes halogenated alkanes) is 2. The first kappa shape index (κ1) is 24.3. The maximum Gasteiger partial charge on any atom is 0.407 e. The molecule has 0 heterocycles. The highest BCUT2D eigenvalue weighted by molar-refractivity contribution is 5.83. The van der Waals surface area contributed by atoms with Gasteiger partial charge in [0, 0.05) is 18.9 Å². The average Bonchev–Trinajstić information content (AvgIpc) is 3.13. The van der Waals surface area contributed by atoms with Crippen LogP contribution in [-0.2, 0) is 14.3 Å². The molecule has 1 aliphatic carbocycles. The van der Waals surface area contributed by atoms with Crippen LogP contribution in [0.2, 0.25) is 0 Å². The van der Waals surface area contributed by atoms with Gasteiger partial charge in [0.15, 0.2) is 0 Å². The zero-order valence-electron chi connectivity index (χ0n) is 19.0. The number of amides is 2.